The Morgan fingerprint density at radius 3 is 2.52 bits per heavy atom. The van der Waals surface area contributed by atoms with Gasteiger partial charge in [-0.3, -0.25) is 19.0 Å². The maximum absolute atomic E-state index is 13.4. The van der Waals surface area contributed by atoms with Gasteiger partial charge in [0.15, 0.2) is 5.82 Å². The molecule has 2 aromatic heterocycles. The van der Waals surface area contributed by atoms with Crippen molar-refractivity contribution >= 4 is 16.9 Å². The average molecular weight is 448 g/mol. The van der Waals surface area contributed by atoms with E-state index in [1.54, 1.807) is 38.1 Å². The molecule has 9 heteroatoms. The summed E-state index contributed by atoms with van der Waals surface area (Å²) in [6.45, 7) is 3.13. The number of benzene rings is 2. The Morgan fingerprint density at radius 2 is 1.79 bits per heavy atom. The number of aryl methyl sites for hydroxylation is 2. The molecule has 0 saturated carbocycles. The molecular weight excluding hydrogens is 427 g/mol. The monoisotopic (exact) mass is 448 g/mol. The molecule has 0 saturated heterocycles. The van der Waals surface area contributed by atoms with Crippen molar-refractivity contribution in [3.63, 3.8) is 0 Å². The Kier molecular flexibility index (Phi) is 6.12. The number of rotatable bonds is 6. The van der Waals surface area contributed by atoms with E-state index in [2.05, 4.69) is 15.0 Å². The summed E-state index contributed by atoms with van der Waals surface area (Å²) >= 11 is 0. The summed E-state index contributed by atoms with van der Waals surface area (Å²) in [6, 6.07) is 12.2. The number of esters is 1. The fourth-order valence-electron chi connectivity index (χ4n) is 3.62. The third kappa shape index (κ3) is 4.72. The Morgan fingerprint density at radius 1 is 1.06 bits per heavy atom. The van der Waals surface area contributed by atoms with Crippen molar-refractivity contribution < 1.29 is 13.9 Å². The lowest BCUT2D eigenvalue weighted by atomic mass is 10.1. The van der Waals surface area contributed by atoms with Gasteiger partial charge in [0.1, 0.15) is 18.2 Å². The van der Waals surface area contributed by atoms with Crippen LogP contribution in [0, 0.1) is 19.7 Å². The highest BCUT2D eigenvalue weighted by atomic mass is 19.1. The van der Waals surface area contributed by atoms with Crippen molar-refractivity contribution in [1.82, 2.24) is 19.5 Å². The molecular formula is C24H21FN4O4. The first-order valence-electron chi connectivity index (χ1n) is 10.3. The van der Waals surface area contributed by atoms with Crippen LogP contribution in [-0.4, -0.2) is 25.5 Å². The second-order valence-corrected chi connectivity index (χ2v) is 7.54. The van der Waals surface area contributed by atoms with Crippen LogP contribution in [0.2, 0.25) is 0 Å². The van der Waals surface area contributed by atoms with E-state index in [0.717, 1.165) is 0 Å². The lowest BCUT2D eigenvalue weighted by Crippen LogP contribution is -2.25. The summed E-state index contributed by atoms with van der Waals surface area (Å²) in [4.78, 5) is 49.0. The molecule has 0 amide bonds. The minimum absolute atomic E-state index is 0.0387. The van der Waals surface area contributed by atoms with E-state index in [1.807, 2.05) is 0 Å². The molecule has 2 heterocycles. The highest BCUT2D eigenvalue weighted by Gasteiger charge is 2.16. The number of hydrogen-bond acceptors (Lipinski definition) is 6. The number of halogens is 1. The summed E-state index contributed by atoms with van der Waals surface area (Å²) in [7, 11) is 0. The van der Waals surface area contributed by atoms with Gasteiger partial charge in [0.05, 0.1) is 16.6 Å². The van der Waals surface area contributed by atoms with Crippen LogP contribution in [0.3, 0.4) is 0 Å². The minimum atomic E-state index is -0.553. The van der Waals surface area contributed by atoms with Gasteiger partial charge in [-0.1, -0.05) is 12.1 Å². The van der Waals surface area contributed by atoms with Crippen LogP contribution >= 0.6 is 0 Å². The predicted octanol–water partition coefficient (Wildman–Crippen LogP) is 2.90. The summed E-state index contributed by atoms with van der Waals surface area (Å²) in [5.41, 5.74) is 1.20. The maximum Gasteiger partial charge on any atom is 0.306 e. The fourth-order valence-corrected chi connectivity index (χ4v) is 3.62. The normalized spacial score (nSPS) is 11.0. The van der Waals surface area contributed by atoms with Crippen molar-refractivity contribution in [2.45, 2.75) is 33.3 Å². The number of ether oxygens (including phenoxy) is 1. The van der Waals surface area contributed by atoms with Crippen LogP contribution in [0.4, 0.5) is 4.39 Å². The van der Waals surface area contributed by atoms with Crippen molar-refractivity contribution in [2.75, 3.05) is 0 Å². The first kappa shape index (κ1) is 22.1. The molecule has 4 aromatic rings. The Labute approximate surface area is 187 Å². The lowest BCUT2D eigenvalue weighted by molar-refractivity contribution is -0.145. The van der Waals surface area contributed by atoms with Crippen LogP contribution in [0.5, 0.6) is 0 Å². The number of H-pyrrole nitrogens is 1. The molecule has 168 valence electrons. The summed E-state index contributed by atoms with van der Waals surface area (Å²) in [6.07, 6.45) is 0.131. The van der Waals surface area contributed by atoms with E-state index >= 15 is 0 Å². The standard InChI is InChI=1S/C24H21FN4O4/c1-14-18(23(31)27-15(2)26-14)11-12-22(30)33-13-21-28-20-6-4-3-5-19(20)24(32)29(21)17-9-7-16(25)8-10-17/h3-10H,11-13H2,1-2H3,(H,26,27,31). The number of nitrogens with one attached hydrogen (secondary N) is 1. The van der Waals surface area contributed by atoms with Crippen molar-refractivity contribution in [2.24, 2.45) is 0 Å². The van der Waals surface area contributed by atoms with Crippen LogP contribution in [0.1, 0.15) is 29.3 Å². The van der Waals surface area contributed by atoms with Crippen LogP contribution in [-0.2, 0) is 22.6 Å². The number of aromatic amines is 1. The average Bonchev–Trinajstić information content (AvgIpc) is 2.78. The smallest absolute Gasteiger partial charge is 0.306 e. The van der Waals surface area contributed by atoms with Crippen LogP contribution in [0.15, 0.2) is 58.1 Å². The van der Waals surface area contributed by atoms with Gasteiger partial charge in [0, 0.05) is 17.7 Å². The predicted molar refractivity (Wildman–Crippen MR) is 120 cm³/mol. The van der Waals surface area contributed by atoms with Gasteiger partial charge in [-0.05, 0) is 56.7 Å². The number of aromatic nitrogens is 4. The largest absolute Gasteiger partial charge is 0.457 e. The molecule has 8 nitrogen and oxygen atoms in total. The molecule has 4 rings (SSSR count). The number of hydrogen-bond donors (Lipinski definition) is 1. The molecule has 0 fully saturated rings. The Bertz CT molecular complexity index is 1460. The van der Waals surface area contributed by atoms with Gasteiger partial charge in [-0.25, -0.2) is 14.4 Å². The molecule has 0 radical (unpaired) electrons. The van der Waals surface area contributed by atoms with E-state index in [9.17, 15) is 18.8 Å². The molecule has 0 atom stereocenters. The SMILES string of the molecule is Cc1nc(C)c(CCC(=O)OCc2nc3ccccc3c(=O)n2-c2ccc(F)cc2)c(=O)[nH]1. The van der Waals surface area contributed by atoms with E-state index in [4.69, 9.17) is 4.74 Å². The number of fused-ring (bicyclic) bond motifs is 1. The minimum Gasteiger partial charge on any atom is -0.457 e. The van der Waals surface area contributed by atoms with E-state index in [1.165, 1.54) is 28.8 Å². The highest BCUT2D eigenvalue weighted by molar-refractivity contribution is 5.78. The fraction of sp³-hybridized carbons (Fsp3) is 0.208. The van der Waals surface area contributed by atoms with E-state index < -0.39 is 11.8 Å². The van der Waals surface area contributed by atoms with Gasteiger partial charge < -0.3 is 9.72 Å². The summed E-state index contributed by atoms with van der Waals surface area (Å²) in [5.74, 6) is -0.290. The van der Waals surface area contributed by atoms with Crippen molar-refractivity contribution in [3.05, 3.63) is 98.0 Å². The molecule has 0 bridgehead atoms. The van der Waals surface area contributed by atoms with Gasteiger partial charge in [0.25, 0.3) is 11.1 Å². The third-order valence-electron chi connectivity index (χ3n) is 5.21. The zero-order valence-electron chi connectivity index (χ0n) is 18.1. The summed E-state index contributed by atoms with van der Waals surface area (Å²) in [5, 5.41) is 0.387. The molecule has 0 aliphatic carbocycles. The molecule has 0 aliphatic heterocycles. The molecule has 0 unspecified atom stereocenters. The quantitative estimate of drug-likeness (QED) is 0.455. The number of para-hydroxylation sites is 1. The second kappa shape index (κ2) is 9.15. The first-order chi connectivity index (χ1) is 15.8. The van der Waals surface area contributed by atoms with E-state index in [0.29, 0.717) is 33.7 Å². The molecule has 33 heavy (non-hydrogen) atoms. The zero-order chi connectivity index (χ0) is 23.5. The summed E-state index contributed by atoms with van der Waals surface area (Å²) < 4.78 is 20.1. The Balaban J connectivity index is 1.59. The molecule has 0 aliphatic rings. The van der Waals surface area contributed by atoms with Crippen molar-refractivity contribution in [1.29, 1.82) is 0 Å². The molecule has 1 N–H and O–H groups in total. The number of carbonyl (C=O) groups excluding carboxylic acids is 1. The Hall–Kier alpha value is -4.14. The van der Waals surface area contributed by atoms with Gasteiger partial charge >= 0.3 is 5.97 Å². The third-order valence-corrected chi connectivity index (χ3v) is 5.21. The molecule has 2 aromatic carbocycles. The number of carbonyl (C=O) groups is 1. The van der Waals surface area contributed by atoms with Crippen molar-refractivity contribution in [3.8, 4) is 5.69 Å². The first-order valence-corrected chi connectivity index (χ1v) is 10.3. The topological polar surface area (TPSA) is 107 Å². The molecule has 0 spiro atoms. The van der Waals surface area contributed by atoms with Crippen LogP contribution < -0.4 is 11.1 Å². The van der Waals surface area contributed by atoms with Gasteiger partial charge in [-0.15, -0.1) is 0 Å². The van der Waals surface area contributed by atoms with Gasteiger partial charge in [0.2, 0.25) is 0 Å². The van der Waals surface area contributed by atoms with Gasteiger partial charge in [-0.2, -0.15) is 0 Å². The van der Waals surface area contributed by atoms with Crippen LogP contribution in [0.25, 0.3) is 16.6 Å². The lowest BCUT2D eigenvalue weighted by Gasteiger charge is -2.14. The van der Waals surface area contributed by atoms with E-state index in [-0.39, 0.29) is 36.4 Å². The zero-order valence-corrected chi connectivity index (χ0v) is 18.1. The number of nitrogens with zero attached hydrogens (tertiary/aromatic N) is 3. The highest BCUT2D eigenvalue weighted by Crippen LogP contribution is 2.15. The second-order valence-electron chi connectivity index (χ2n) is 7.54. The maximum atomic E-state index is 13.4.